The van der Waals surface area contributed by atoms with E-state index in [1.54, 1.807) is 6.92 Å². The van der Waals surface area contributed by atoms with Gasteiger partial charge in [0, 0.05) is 12.5 Å². The molecule has 0 radical (unpaired) electrons. The fourth-order valence-electron chi connectivity index (χ4n) is 1.46. The molecule has 0 saturated heterocycles. The molecule has 9 heteroatoms. The molecule has 0 unspecified atom stereocenters. The Morgan fingerprint density at radius 2 is 2.19 bits per heavy atom. The number of nitrogens with zero attached hydrogens (tertiary/aromatic N) is 2. The average Bonchev–Trinajstić information content (AvgIpc) is 2.80. The van der Waals surface area contributed by atoms with Crippen LogP contribution in [0.5, 0.6) is 0 Å². The van der Waals surface area contributed by atoms with Crippen LogP contribution in [0.3, 0.4) is 0 Å². The molecule has 2 aromatic rings. The van der Waals surface area contributed by atoms with Crippen LogP contribution >= 0.6 is 11.6 Å². The lowest BCUT2D eigenvalue weighted by molar-refractivity contribution is 0.534. The van der Waals surface area contributed by atoms with E-state index in [1.165, 1.54) is 18.2 Å². The van der Waals surface area contributed by atoms with E-state index in [4.69, 9.17) is 21.8 Å². The monoisotopic (exact) mass is 326 g/mol. The van der Waals surface area contributed by atoms with Crippen molar-refractivity contribution in [3.63, 3.8) is 0 Å². The Hall–Kier alpha value is -2.08. The van der Waals surface area contributed by atoms with Gasteiger partial charge in [0.2, 0.25) is 5.89 Å². The van der Waals surface area contributed by atoms with E-state index in [0.717, 1.165) is 0 Å². The summed E-state index contributed by atoms with van der Waals surface area (Å²) < 4.78 is 31.5. The predicted octanol–water partition coefficient (Wildman–Crippen LogP) is 1.14. The summed E-state index contributed by atoms with van der Waals surface area (Å²) in [6.45, 7) is 1.75. The van der Waals surface area contributed by atoms with Gasteiger partial charge < -0.3 is 10.2 Å². The number of hydrogen-bond donors (Lipinski definition) is 2. The zero-order valence-corrected chi connectivity index (χ0v) is 12.5. The van der Waals surface area contributed by atoms with Gasteiger partial charge >= 0.3 is 6.01 Å². The molecule has 3 N–H and O–H groups in total. The van der Waals surface area contributed by atoms with Gasteiger partial charge in [0.15, 0.2) is 0 Å². The quantitative estimate of drug-likeness (QED) is 0.818. The zero-order chi connectivity index (χ0) is 15.5. The van der Waals surface area contributed by atoms with Crippen LogP contribution in [-0.4, -0.2) is 25.2 Å². The first-order valence-corrected chi connectivity index (χ1v) is 7.60. The molecule has 0 aliphatic rings. The van der Waals surface area contributed by atoms with Crippen molar-refractivity contribution in [3.05, 3.63) is 34.7 Å². The molecule has 0 atom stereocenters. The van der Waals surface area contributed by atoms with Crippen molar-refractivity contribution in [2.75, 3.05) is 11.3 Å². The number of hydrogen-bond acceptors (Lipinski definition) is 6. The van der Waals surface area contributed by atoms with Gasteiger partial charge in [0.1, 0.15) is 4.90 Å². The highest BCUT2D eigenvalue weighted by Crippen LogP contribution is 2.24. The van der Waals surface area contributed by atoms with Gasteiger partial charge in [0.05, 0.1) is 11.6 Å². The second-order valence-corrected chi connectivity index (χ2v) is 5.94. The third kappa shape index (κ3) is 3.72. The van der Waals surface area contributed by atoms with Crippen LogP contribution in [0.4, 0.5) is 6.01 Å². The molecular weight excluding hydrogens is 316 g/mol. The SMILES string of the molecule is Cc1nnc(NS(=O)(=O)c2ccc(C#CCN)cc2Cl)o1. The second kappa shape index (κ2) is 6.13. The fraction of sp³-hybridized carbons (Fsp3) is 0.167. The Bertz CT molecular complexity index is 821. The molecule has 7 nitrogen and oxygen atoms in total. The summed E-state index contributed by atoms with van der Waals surface area (Å²) in [5, 5.41) is 7.12. The van der Waals surface area contributed by atoms with Crippen molar-refractivity contribution >= 4 is 27.6 Å². The van der Waals surface area contributed by atoms with Crippen molar-refractivity contribution in [1.82, 2.24) is 10.2 Å². The molecule has 1 aromatic heterocycles. The molecule has 21 heavy (non-hydrogen) atoms. The Labute approximate surface area is 126 Å². The number of nitrogens with one attached hydrogen (secondary N) is 1. The van der Waals surface area contributed by atoms with Crippen LogP contribution in [0.1, 0.15) is 11.5 Å². The van der Waals surface area contributed by atoms with Crippen molar-refractivity contribution < 1.29 is 12.8 Å². The molecule has 110 valence electrons. The second-order valence-electron chi connectivity index (χ2n) is 3.88. The lowest BCUT2D eigenvalue weighted by Gasteiger charge is -2.06. The summed E-state index contributed by atoms with van der Waals surface area (Å²) in [5.74, 6) is 5.66. The fourth-order valence-corrected chi connectivity index (χ4v) is 2.93. The third-order valence-electron chi connectivity index (χ3n) is 2.30. The number of aryl methyl sites for hydroxylation is 1. The number of aromatic nitrogens is 2. The first-order valence-electron chi connectivity index (χ1n) is 5.74. The maximum atomic E-state index is 12.2. The number of rotatable bonds is 3. The van der Waals surface area contributed by atoms with Crippen molar-refractivity contribution in [2.24, 2.45) is 5.73 Å². The Morgan fingerprint density at radius 1 is 1.43 bits per heavy atom. The van der Waals surface area contributed by atoms with Gasteiger partial charge in [-0.15, -0.1) is 5.10 Å². The van der Waals surface area contributed by atoms with Crippen LogP contribution in [0.15, 0.2) is 27.5 Å². The van der Waals surface area contributed by atoms with Gasteiger partial charge in [-0.3, -0.25) is 0 Å². The minimum atomic E-state index is -3.92. The number of nitrogens with two attached hydrogens (primary N) is 1. The summed E-state index contributed by atoms with van der Waals surface area (Å²) in [6, 6.07) is 4.09. The van der Waals surface area contributed by atoms with Crippen LogP contribution in [0.25, 0.3) is 0 Å². The highest BCUT2D eigenvalue weighted by Gasteiger charge is 2.20. The highest BCUT2D eigenvalue weighted by molar-refractivity contribution is 7.92. The lowest BCUT2D eigenvalue weighted by Crippen LogP contribution is -2.13. The third-order valence-corrected chi connectivity index (χ3v) is 4.11. The lowest BCUT2D eigenvalue weighted by atomic mass is 10.2. The molecule has 1 heterocycles. The van der Waals surface area contributed by atoms with Gasteiger partial charge in [0.25, 0.3) is 10.0 Å². The normalized spacial score (nSPS) is 10.8. The van der Waals surface area contributed by atoms with E-state index in [2.05, 4.69) is 26.8 Å². The van der Waals surface area contributed by atoms with Crippen molar-refractivity contribution in [1.29, 1.82) is 0 Å². The van der Waals surface area contributed by atoms with E-state index >= 15 is 0 Å². The molecule has 0 spiro atoms. The van der Waals surface area contributed by atoms with E-state index in [0.29, 0.717) is 5.56 Å². The van der Waals surface area contributed by atoms with Gasteiger partial charge in [-0.05, 0) is 18.2 Å². The van der Waals surface area contributed by atoms with E-state index in [9.17, 15) is 8.42 Å². The number of benzene rings is 1. The number of anilines is 1. The van der Waals surface area contributed by atoms with Crippen LogP contribution in [0, 0.1) is 18.8 Å². The molecule has 0 aliphatic heterocycles. The predicted molar refractivity (Wildman–Crippen MR) is 77.2 cm³/mol. The summed E-state index contributed by atoms with van der Waals surface area (Å²) >= 11 is 5.98. The molecule has 0 bridgehead atoms. The molecule has 0 saturated carbocycles. The van der Waals surface area contributed by atoms with E-state index in [1.807, 2.05) is 0 Å². The molecule has 0 amide bonds. The number of halogens is 1. The average molecular weight is 327 g/mol. The van der Waals surface area contributed by atoms with Gasteiger partial charge in [-0.1, -0.05) is 28.5 Å². The van der Waals surface area contributed by atoms with Gasteiger partial charge in [-0.25, -0.2) is 13.1 Å². The van der Waals surface area contributed by atoms with Crippen LogP contribution in [-0.2, 0) is 10.0 Å². The van der Waals surface area contributed by atoms with E-state index < -0.39 is 10.0 Å². The Kier molecular flexibility index (Phi) is 4.47. The first kappa shape index (κ1) is 15.3. The Morgan fingerprint density at radius 3 is 2.76 bits per heavy atom. The summed E-state index contributed by atoms with van der Waals surface area (Å²) in [7, 11) is -3.92. The maximum Gasteiger partial charge on any atom is 0.329 e. The summed E-state index contributed by atoms with van der Waals surface area (Å²) in [5.41, 5.74) is 5.83. The molecule has 0 fully saturated rings. The van der Waals surface area contributed by atoms with Crippen molar-refractivity contribution in [2.45, 2.75) is 11.8 Å². The summed E-state index contributed by atoms with van der Waals surface area (Å²) in [6.07, 6.45) is 0. The van der Waals surface area contributed by atoms with Gasteiger partial charge in [-0.2, -0.15) is 0 Å². The minimum absolute atomic E-state index is 0.0301. The Balaban J connectivity index is 2.32. The topological polar surface area (TPSA) is 111 Å². The standard InChI is InChI=1S/C12H11ClN4O3S/c1-8-15-16-12(20-8)17-21(18,19)11-5-4-9(3-2-6-14)7-10(11)13/h4-5,7H,6,14H2,1H3,(H,16,17). The molecule has 2 rings (SSSR count). The smallest absolute Gasteiger partial charge is 0.329 e. The minimum Gasteiger partial charge on any atom is -0.408 e. The first-order chi connectivity index (χ1) is 9.92. The van der Waals surface area contributed by atoms with Crippen molar-refractivity contribution in [3.8, 4) is 11.8 Å². The zero-order valence-electron chi connectivity index (χ0n) is 10.9. The molecule has 0 aliphatic carbocycles. The largest absolute Gasteiger partial charge is 0.408 e. The summed E-state index contributed by atoms with van der Waals surface area (Å²) in [4.78, 5) is -0.113. The van der Waals surface area contributed by atoms with Crippen LogP contribution < -0.4 is 10.5 Å². The van der Waals surface area contributed by atoms with E-state index in [-0.39, 0.29) is 28.4 Å². The molecule has 1 aromatic carbocycles. The maximum absolute atomic E-state index is 12.2. The van der Waals surface area contributed by atoms with Crippen LogP contribution in [0.2, 0.25) is 5.02 Å². The highest BCUT2D eigenvalue weighted by atomic mass is 35.5. The number of sulfonamides is 1. The molecular formula is C12H11ClN4O3S.